The van der Waals surface area contributed by atoms with Gasteiger partial charge in [-0.25, -0.2) is 0 Å². The van der Waals surface area contributed by atoms with Gasteiger partial charge in [0.2, 0.25) is 0 Å². The summed E-state index contributed by atoms with van der Waals surface area (Å²) in [7, 11) is 1.39. The predicted octanol–water partition coefficient (Wildman–Crippen LogP) is 4.25. The average molecular weight is 342 g/mol. The van der Waals surface area contributed by atoms with Crippen molar-refractivity contribution in [2.45, 2.75) is 40.2 Å². The molecule has 25 heavy (non-hydrogen) atoms. The van der Waals surface area contributed by atoms with Crippen LogP contribution in [0, 0.1) is 6.92 Å². The summed E-state index contributed by atoms with van der Waals surface area (Å²) in [5, 5.41) is 0. The van der Waals surface area contributed by atoms with Crippen molar-refractivity contribution < 1.29 is 19.0 Å². The average Bonchev–Trinajstić information content (AvgIpc) is 2.62. The largest absolute Gasteiger partial charge is 0.493 e. The van der Waals surface area contributed by atoms with Crippen LogP contribution in [0.4, 0.5) is 0 Å². The Balaban J connectivity index is 2.28. The van der Waals surface area contributed by atoms with Crippen LogP contribution in [-0.4, -0.2) is 19.7 Å². The Bertz CT molecular complexity index is 722. The van der Waals surface area contributed by atoms with Gasteiger partial charge >= 0.3 is 5.97 Å². The van der Waals surface area contributed by atoms with Crippen LogP contribution in [0.5, 0.6) is 11.5 Å². The fourth-order valence-corrected chi connectivity index (χ4v) is 2.73. The number of ether oxygens (including phenoxy) is 3. The van der Waals surface area contributed by atoms with Crippen molar-refractivity contribution in [3.63, 3.8) is 0 Å². The van der Waals surface area contributed by atoms with E-state index in [1.54, 1.807) is 0 Å². The molecule has 2 aromatic rings. The second kappa shape index (κ2) is 9.11. The van der Waals surface area contributed by atoms with Crippen molar-refractivity contribution in [1.29, 1.82) is 0 Å². The lowest BCUT2D eigenvalue weighted by molar-refractivity contribution is -0.139. The van der Waals surface area contributed by atoms with Gasteiger partial charge < -0.3 is 14.2 Å². The molecule has 2 aromatic carbocycles. The third-order valence-electron chi connectivity index (χ3n) is 4.06. The summed E-state index contributed by atoms with van der Waals surface area (Å²) in [5.41, 5.74) is 4.13. The molecular weight excluding hydrogens is 316 g/mol. The van der Waals surface area contributed by atoms with Crippen LogP contribution in [0.15, 0.2) is 36.4 Å². The Labute approximate surface area is 149 Å². The summed E-state index contributed by atoms with van der Waals surface area (Å²) >= 11 is 0. The third-order valence-corrected chi connectivity index (χ3v) is 4.06. The molecule has 134 valence electrons. The first-order valence-corrected chi connectivity index (χ1v) is 8.61. The summed E-state index contributed by atoms with van der Waals surface area (Å²) in [6.07, 6.45) is 1.10. The van der Waals surface area contributed by atoms with Crippen molar-refractivity contribution in [3.05, 3.63) is 58.7 Å². The standard InChI is InChI=1S/C21H26O4/c1-5-16-12-15(3)10-11-19(16)25-14-18-17(13-21(22)23-4)8-7-9-20(18)24-6-2/h7-12H,5-6,13-14H2,1-4H3. The number of carbonyl (C=O) groups excluding carboxylic acids is 1. The van der Waals surface area contributed by atoms with E-state index in [1.165, 1.54) is 18.2 Å². The third kappa shape index (κ3) is 4.99. The first-order valence-electron chi connectivity index (χ1n) is 8.61. The lowest BCUT2D eigenvalue weighted by Crippen LogP contribution is -2.10. The van der Waals surface area contributed by atoms with Crippen molar-refractivity contribution >= 4 is 5.97 Å². The van der Waals surface area contributed by atoms with Crippen LogP contribution in [0.3, 0.4) is 0 Å². The molecule has 0 saturated carbocycles. The minimum absolute atomic E-state index is 0.199. The molecule has 2 rings (SSSR count). The van der Waals surface area contributed by atoms with Gasteiger partial charge in [-0.3, -0.25) is 4.79 Å². The van der Waals surface area contributed by atoms with E-state index in [0.717, 1.165) is 29.0 Å². The van der Waals surface area contributed by atoms with Crippen LogP contribution in [0.2, 0.25) is 0 Å². The first kappa shape index (κ1) is 18.8. The number of hydrogen-bond acceptors (Lipinski definition) is 4. The van der Waals surface area contributed by atoms with Crippen molar-refractivity contribution in [3.8, 4) is 11.5 Å². The SMILES string of the molecule is CCOc1cccc(CC(=O)OC)c1COc1ccc(C)cc1CC. The molecular formula is C21H26O4. The second-order valence-corrected chi connectivity index (χ2v) is 5.83. The molecule has 0 heterocycles. The number of hydrogen-bond donors (Lipinski definition) is 0. The maximum Gasteiger partial charge on any atom is 0.309 e. The van der Waals surface area contributed by atoms with Gasteiger partial charge in [-0.1, -0.05) is 36.8 Å². The lowest BCUT2D eigenvalue weighted by Gasteiger charge is -2.17. The molecule has 0 aromatic heterocycles. The highest BCUT2D eigenvalue weighted by atomic mass is 16.5. The predicted molar refractivity (Wildman–Crippen MR) is 98.2 cm³/mol. The zero-order valence-electron chi connectivity index (χ0n) is 15.4. The minimum Gasteiger partial charge on any atom is -0.493 e. The zero-order chi connectivity index (χ0) is 18.2. The van der Waals surface area contributed by atoms with Crippen molar-refractivity contribution in [1.82, 2.24) is 0 Å². The molecule has 4 heteroatoms. The summed E-state index contributed by atoms with van der Waals surface area (Å²) in [5.74, 6) is 1.33. The molecule has 0 amide bonds. The summed E-state index contributed by atoms with van der Waals surface area (Å²) in [6.45, 7) is 7.02. The molecule has 4 nitrogen and oxygen atoms in total. The Morgan fingerprint density at radius 2 is 1.80 bits per heavy atom. The highest BCUT2D eigenvalue weighted by molar-refractivity contribution is 5.73. The molecule has 0 radical (unpaired) electrons. The van der Waals surface area contributed by atoms with E-state index < -0.39 is 0 Å². The monoisotopic (exact) mass is 342 g/mol. The molecule has 0 spiro atoms. The summed E-state index contributed by atoms with van der Waals surface area (Å²) in [6, 6.07) is 11.9. The normalized spacial score (nSPS) is 10.4. The van der Waals surface area contributed by atoms with Gasteiger partial charge in [-0.15, -0.1) is 0 Å². The zero-order valence-corrected chi connectivity index (χ0v) is 15.4. The summed E-state index contributed by atoms with van der Waals surface area (Å²) < 4.78 is 16.6. The van der Waals surface area contributed by atoms with Crippen LogP contribution in [-0.2, 0) is 29.0 Å². The summed E-state index contributed by atoms with van der Waals surface area (Å²) in [4.78, 5) is 11.7. The van der Waals surface area contributed by atoms with Gasteiger partial charge in [0.15, 0.2) is 0 Å². The Morgan fingerprint density at radius 1 is 1.00 bits per heavy atom. The molecule has 0 saturated heterocycles. The highest BCUT2D eigenvalue weighted by Crippen LogP contribution is 2.27. The van der Waals surface area contributed by atoms with Crippen LogP contribution >= 0.6 is 0 Å². The molecule has 0 aliphatic carbocycles. The van der Waals surface area contributed by atoms with Crippen LogP contribution < -0.4 is 9.47 Å². The lowest BCUT2D eigenvalue weighted by atomic mass is 10.0. The minimum atomic E-state index is -0.278. The van der Waals surface area contributed by atoms with E-state index in [9.17, 15) is 4.79 Å². The number of esters is 1. The van der Waals surface area contributed by atoms with E-state index >= 15 is 0 Å². The number of aryl methyl sites for hydroxylation is 2. The first-order chi connectivity index (χ1) is 12.1. The van der Waals surface area contributed by atoms with Crippen LogP contribution in [0.25, 0.3) is 0 Å². The maximum absolute atomic E-state index is 11.7. The molecule has 0 bridgehead atoms. The van der Waals surface area contributed by atoms with E-state index in [4.69, 9.17) is 14.2 Å². The Kier molecular flexibility index (Phi) is 6.87. The van der Waals surface area contributed by atoms with E-state index in [1.807, 2.05) is 37.3 Å². The second-order valence-electron chi connectivity index (χ2n) is 5.83. The molecule has 0 aliphatic rings. The topological polar surface area (TPSA) is 44.8 Å². The molecule has 0 fully saturated rings. The molecule has 0 atom stereocenters. The van der Waals surface area contributed by atoms with Gasteiger partial charge in [-0.05, 0) is 43.5 Å². The highest BCUT2D eigenvalue weighted by Gasteiger charge is 2.14. The fraction of sp³-hybridized carbons (Fsp3) is 0.381. The molecule has 0 unspecified atom stereocenters. The quantitative estimate of drug-likeness (QED) is 0.673. The number of methoxy groups -OCH3 is 1. The smallest absolute Gasteiger partial charge is 0.309 e. The van der Waals surface area contributed by atoms with Crippen molar-refractivity contribution in [2.75, 3.05) is 13.7 Å². The molecule has 0 aliphatic heterocycles. The van der Waals surface area contributed by atoms with Crippen molar-refractivity contribution in [2.24, 2.45) is 0 Å². The van der Waals surface area contributed by atoms with Gasteiger partial charge in [-0.2, -0.15) is 0 Å². The van der Waals surface area contributed by atoms with E-state index in [2.05, 4.69) is 19.9 Å². The van der Waals surface area contributed by atoms with Gasteiger partial charge in [0, 0.05) is 5.56 Å². The van der Waals surface area contributed by atoms with Gasteiger partial charge in [0.1, 0.15) is 18.1 Å². The maximum atomic E-state index is 11.7. The van der Waals surface area contributed by atoms with E-state index in [-0.39, 0.29) is 12.4 Å². The Morgan fingerprint density at radius 3 is 2.48 bits per heavy atom. The van der Waals surface area contributed by atoms with Gasteiger partial charge in [0.05, 0.1) is 20.1 Å². The number of benzene rings is 2. The Hall–Kier alpha value is -2.49. The van der Waals surface area contributed by atoms with Gasteiger partial charge in [0.25, 0.3) is 0 Å². The number of rotatable bonds is 8. The molecule has 0 N–H and O–H groups in total. The fourth-order valence-electron chi connectivity index (χ4n) is 2.73. The van der Waals surface area contributed by atoms with E-state index in [0.29, 0.717) is 13.2 Å². The number of carbonyl (C=O) groups is 1. The van der Waals surface area contributed by atoms with Crippen LogP contribution in [0.1, 0.15) is 36.1 Å².